The van der Waals surface area contributed by atoms with Gasteiger partial charge in [0.05, 0.1) is 0 Å². The maximum atomic E-state index is 6.00. The lowest BCUT2D eigenvalue weighted by atomic mass is 9.62. The maximum Gasteiger partial charge on any atom is 0.201 e. The second-order valence-electron chi connectivity index (χ2n) is 6.14. The van der Waals surface area contributed by atoms with Crippen LogP contribution in [0.2, 0.25) is 0 Å². The monoisotopic (exact) mass is 242 g/mol. The summed E-state index contributed by atoms with van der Waals surface area (Å²) in [6.07, 6.45) is 6.16. The van der Waals surface area contributed by atoms with Gasteiger partial charge >= 0.3 is 0 Å². The Kier molecular flexibility index (Phi) is 2.57. The third-order valence-electron chi connectivity index (χ3n) is 5.00. The molecule has 1 aliphatic carbocycles. The summed E-state index contributed by atoms with van der Waals surface area (Å²) in [5, 5.41) is 0. The molecule has 3 aliphatic heterocycles. The molecule has 4 rings (SSSR count). The molecule has 0 radical (unpaired) electrons. The normalized spacial score (nSPS) is 54.2. The van der Waals surface area contributed by atoms with E-state index in [1.807, 2.05) is 6.92 Å². The third kappa shape index (κ3) is 1.51. The van der Waals surface area contributed by atoms with Gasteiger partial charge in [-0.3, -0.25) is 0 Å². The highest BCUT2D eigenvalue weighted by Crippen LogP contribution is 2.58. The van der Waals surface area contributed by atoms with Gasteiger partial charge in [-0.2, -0.15) is 0 Å². The molecule has 4 atom stereocenters. The zero-order chi connectivity index (χ0) is 12.1. The standard InChI is InChI=1S/C13H22O4/c1-11-6-4-5-7-13(11)10(14-3)15-12(2,9-8-11)16-17-13/h10H,4-9H2,1-3H3/t10-,11+,12+,13+/m0/s1. The number of ether oxygens (including phenoxy) is 2. The first-order chi connectivity index (χ1) is 8.04. The molecule has 2 bridgehead atoms. The fraction of sp³-hybridized carbons (Fsp3) is 1.00. The van der Waals surface area contributed by atoms with Crippen LogP contribution < -0.4 is 0 Å². The topological polar surface area (TPSA) is 36.9 Å². The molecule has 4 fully saturated rings. The van der Waals surface area contributed by atoms with Gasteiger partial charge in [-0.05, 0) is 26.2 Å². The molecule has 0 unspecified atom stereocenters. The number of hydrogen-bond acceptors (Lipinski definition) is 4. The summed E-state index contributed by atoms with van der Waals surface area (Å²) in [6, 6.07) is 0. The highest BCUT2D eigenvalue weighted by Gasteiger charge is 2.65. The Morgan fingerprint density at radius 3 is 2.53 bits per heavy atom. The van der Waals surface area contributed by atoms with Crippen molar-refractivity contribution in [2.24, 2.45) is 5.41 Å². The van der Waals surface area contributed by atoms with Crippen LogP contribution in [0.3, 0.4) is 0 Å². The smallest absolute Gasteiger partial charge is 0.201 e. The Morgan fingerprint density at radius 2 is 1.76 bits per heavy atom. The number of rotatable bonds is 1. The molecule has 3 heterocycles. The van der Waals surface area contributed by atoms with Crippen molar-refractivity contribution in [2.45, 2.75) is 70.1 Å². The summed E-state index contributed by atoms with van der Waals surface area (Å²) in [6.45, 7) is 4.23. The second-order valence-corrected chi connectivity index (χ2v) is 6.14. The van der Waals surface area contributed by atoms with E-state index in [0.29, 0.717) is 0 Å². The van der Waals surface area contributed by atoms with Crippen molar-refractivity contribution >= 4 is 0 Å². The molecule has 17 heavy (non-hydrogen) atoms. The lowest BCUT2D eigenvalue weighted by molar-refractivity contribution is -0.553. The Morgan fingerprint density at radius 1 is 1.00 bits per heavy atom. The van der Waals surface area contributed by atoms with E-state index in [-0.39, 0.29) is 11.7 Å². The predicted octanol–water partition coefficient (Wildman–Crippen LogP) is 2.77. The van der Waals surface area contributed by atoms with E-state index >= 15 is 0 Å². The van der Waals surface area contributed by atoms with Gasteiger partial charge in [0.15, 0.2) is 11.9 Å². The minimum absolute atomic E-state index is 0.0974. The highest BCUT2D eigenvalue weighted by molar-refractivity contribution is 5.06. The van der Waals surface area contributed by atoms with Crippen molar-refractivity contribution in [3.05, 3.63) is 0 Å². The molecule has 98 valence electrons. The first-order valence-electron chi connectivity index (χ1n) is 6.61. The van der Waals surface area contributed by atoms with Crippen LogP contribution in [-0.4, -0.2) is 24.8 Å². The molecule has 1 saturated carbocycles. The van der Waals surface area contributed by atoms with Crippen LogP contribution in [0.5, 0.6) is 0 Å². The summed E-state index contributed by atoms with van der Waals surface area (Å²) in [5.74, 6) is -0.647. The molecule has 3 saturated heterocycles. The van der Waals surface area contributed by atoms with Crippen molar-refractivity contribution in [3.63, 3.8) is 0 Å². The molecular weight excluding hydrogens is 220 g/mol. The summed E-state index contributed by atoms with van der Waals surface area (Å²) >= 11 is 0. The molecule has 0 aromatic carbocycles. The zero-order valence-electron chi connectivity index (χ0n) is 11.0. The Labute approximate surface area is 102 Å². The minimum atomic E-state index is -0.647. The van der Waals surface area contributed by atoms with Crippen molar-refractivity contribution in [3.8, 4) is 0 Å². The van der Waals surface area contributed by atoms with Gasteiger partial charge in [0.2, 0.25) is 5.79 Å². The summed E-state index contributed by atoms with van der Waals surface area (Å²) in [4.78, 5) is 11.4. The largest absolute Gasteiger partial charge is 0.353 e. The van der Waals surface area contributed by atoms with Gasteiger partial charge < -0.3 is 9.47 Å². The molecule has 4 heteroatoms. The van der Waals surface area contributed by atoms with E-state index in [9.17, 15) is 0 Å². The maximum absolute atomic E-state index is 6.00. The molecule has 0 N–H and O–H groups in total. The Bertz CT molecular complexity index is 321. The first-order valence-corrected chi connectivity index (χ1v) is 6.61. The SMILES string of the molecule is CO[C@H]1O[C@@]2(C)CC[C@@]3(C)CCCC[C@@]13OO2. The summed E-state index contributed by atoms with van der Waals surface area (Å²) in [7, 11) is 1.70. The van der Waals surface area contributed by atoms with E-state index in [4.69, 9.17) is 19.2 Å². The van der Waals surface area contributed by atoms with Gasteiger partial charge in [0.1, 0.15) is 0 Å². The molecule has 4 aliphatic rings. The van der Waals surface area contributed by atoms with Gasteiger partial charge in [-0.15, -0.1) is 0 Å². The average Bonchev–Trinajstić information content (AvgIpc) is 2.51. The van der Waals surface area contributed by atoms with Crippen LogP contribution in [0.4, 0.5) is 0 Å². The van der Waals surface area contributed by atoms with Crippen molar-refractivity contribution < 1.29 is 19.2 Å². The number of methoxy groups -OCH3 is 1. The average molecular weight is 242 g/mol. The van der Waals surface area contributed by atoms with Gasteiger partial charge in [0, 0.05) is 18.9 Å². The number of hydrogen-bond donors (Lipinski definition) is 0. The van der Waals surface area contributed by atoms with E-state index < -0.39 is 11.4 Å². The van der Waals surface area contributed by atoms with Crippen molar-refractivity contribution in [2.75, 3.05) is 7.11 Å². The lowest BCUT2D eigenvalue weighted by Gasteiger charge is -2.53. The minimum Gasteiger partial charge on any atom is -0.353 e. The van der Waals surface area contributed by atoms with E-state index in [1.54, 1.807) is 7.11 Å². The van der Waals surface area contributed by atoms with E-state index in [1.165, 1.54) is 6.42 Å². The van der Waals surface area contributed by atoms with Crippen LogP contribution in [0.15, 0.2) is 0 Å². The Balaban J connectivity index is 2.04. The predicted molar refractivity (Wildman–Crippen MR) is 61.0 cm³/mol. The van der Waals surface area contributed by atoms with Crippen LogP contribution in [0, 0.1) is 5.41 Å². The fourth-order valence-corrected chi connectivity index (χ4v) is 3.68. The van der Waals surface area contributed by atoms with Crippen LogP contribution >= 0.6 is 0 Å². The number of fused-ring (bicyclic) bond motifs is 3. The van der Waals surface area contributed by atoms with Gasteiger partial charge in [-0.25, -0.2) is 9.78 Å². The van der Waals surface area contributed by atoms with E-state index in [2.05, 4.69) is 6.92 Å². The molecular formula is C13H22O4. The quantitative estimate of drug-likeness (QED) is 0.662. The molecule has 0 aromatic heterocycles. The van der Waals surface area contributed by atoms with Crippen LogP contribution in [0.1, 0.15) is 52.4 Å². The van der Waals surface area contributed by atoms with Crippen LogP contribution in [-0.2, 0) is 19.2 Å². The van der Waals surface area contributed by atoms with Gasteiger partial charge in [-0.1, -0.05) is 19.8 Å². The summed E-state index contributed by atoms with van der Waals surface area (Å²) < 4.78 is 11.6. The van der Waals surface area contributed by atoms with E-state index in [0.717, 1.165) is 32.1 Å². The lowest BCUT2D eigenvalue weighted by Crippen LogP contribution is -2.62. The molecule has 0 aromatic rings. The van der Waals surface area contributed by atoms with Crippen molar-refractivity contribution in [1.29, 1.82) is 0 Å². The zero-order valence-corrected chi connectivity index (χ0v) is 11.0. The van der Waals surface area contributed by atoms with Crippen molar-refractivity contribution in [1.82, 2.24) is 0 Å². The first kappa shape index (κ1) is 11.9. The van der Waals surface area contributed by atoms with Gasteiger partial charge in [0.25, 0.3) is 0 Å². The highest BCUT2D eigenvalue weighted by atomic mass is 17.3. The molecule has 4 nitrogen and oxygen atoms in total. The van der Waals surface area contributed by atoms with Crippen LogP contribution in [0.25, 0.3) is 0 Å². The Hall–Kier alpha value is -0.160. The third-order valence-corrected chi connectivity index (χ3v) is 5.00. The molecule has 0 amide bonds. The summed E-state index contributed by atoms with van der Waals surface area (Å²) in [5.41, 5.74) is -0.323. The molecule has 1 spiro atoms. The second kappa shape index (κ2) is 3.67. The fourth-order valence-electron chi connectivity index (χ4n) is 3.68.